The first-order chi connectivity index (χ1) is 9.66. The van der Waals surface area contributed by atoms with Gasteiger partial charge in [-0.3, -0.25) is 0 Å². The van der Waals surface area contributed by atoms with E-state index in [0.717, 1.165) is 24.1 Å². The third-order valence-corrected chi connectivity index (χ3v) is 4.99. The van der Waals surface area contributed by atoms with Crippen molar-refractivity contribution in [2.75, 3.05) is 11.5 Å². The van der Waals surface area contributed by atoms with Crippen LogP contribution >= 0.6 is 0 Å². The number of aromatic amines is 1. The van der Waals surface area contributed by atoms with Gasteiger partial charge in [0.2, 0.25) is 0 Å². The highest BCUT2D eigenvalue weighted by molar-refractivity contribution is 7.91. The summed E-state index contributed by atoms with van der Waals surface area (Å²) in [5.41, 5.74) is 2.14. The average molecular weight is 292 g/mol. The monoisotopic (exact) mass is 292 g/mol. The zero-order chi connectivity index (χ0) is 14.3. The Morgan fingerprint density at radius 3 is 2.50 bits per heavy atom. The minimum Gasteiger partial charge on any atom is -0.348 e. The molecule has 108 valence electrons. The van der Waals surface area contributed by atoms with E-state index < -0.39 is 9.84 Å². The van der Waals surface area contributed by atoms with Gasteiger partial charge >= 0.3 is 0 Å². The van der Waals surface area contributed by atoms with Crippen molar-refractivity contribution in [3.8, 4) is 0 Å². The summed E-state index contributed by atoms with van der Waals surface area (Å²) in [6, 6.07) is 9.74. The van der Waals surface area contributed by atoms with E-state index in [1.165, 1.54) is 0 Å². The average Bonchev–Trinajstić information content (AvgIpc) is 2.96. The van der Waals surface area contributed by atoms with E-state index in [4.69, 9.17) is 0 Å². The Morgan fingerprint density at radius 2 is 1.80 bits per heavy atom. The number of rotatable bonds is 8. The molecule has 0 fully saturated rings. The number of unbranched alkanes of at least 4 members (excludes halogenated alkanes) is 1. The maximum atomic E-state index is 11.9. The van der Waals surface area contributed by atoms with Crippen LogP contribution in [0.1, 0.15) is 24.1 Å². The van der Waals surface area contributed by atoms with Gasteiger partial charge in [-0.05, 0) is 31.2 Å². The van der Waals surface area contributed by atoms with Crippen molar-refractivity contribution >= 4 is 9.84 Å². The standard InChI is InChI=1S/C15H20N2O2S/c18-20(19,11-9-14-6-2-1-3-7-14)10-5-4-8-15-12-16-13-17-15/h1-3,6-7,12-13H,4-5,8-11H2,(H,16,17). The maximum Gasteiger partial charge on any atom is 0.150 e. The van der Waals surface area contributed by atoms with Crippen LogP contribution in [0.15, 0.2) is 42.9 Å². The lowest BCUT2D eigenvalue weighted by atomic mass is 10.2. The van der Waals surface area contributed by atoms with Crippen LogP contribution in [-0.4, -0.2) is 29.9 Å². The van der Waals surface area contributed by atoms with Crippen LogP contribution in [0.2, 0.25) is 0 Å². The second kappa shape index (κ2) is 7.24. The summed E-state index contributed by atoms with van der Waals surface area (Å²) < 4.78 is 23.9. The summed E-state index contributed by atoms with van der Waals surface area (Å²) in [5, 5.41) is 0. The molecule has 1 aromatic carbocycles. The van der Waals surface area contributed by atoms with Crippen molar-refractivity contribution in [1.82, 2.24) is 9.97 Å². The lowest BCUT2D eigenvalue weighted by Crippen LogP contribution is -2.13. The zero-order valence-corrected chi connectivity index (χ0v) is 12.3. The third kappa shape index (κ3) is 5.17. The molecule has 0 radical (unpaired) electrons. The van der Waals surface area contributed by atoms with Crippen LogP contribution in [0.4, 0.5) is 0 Å². The van der Waals surface area contributed by atoms with Crippen LogP contribution in [0.3, 0.4) is 0 Å². The summed E-state index contributed by atoms with van der Waals surface area (Å²) in [7, 11) is -2.95. The molecule has 1 aromatic heterocycles. The summed E-state index contributed by atoms with van der Waals surface area (Å²) in [4.78, 5) is 6.96. The summed E-state index contributed by atoms with van der Waals surface area (Å²) in [6.07, 6.45) is 6.46. The Labute approximate surface area is 120 Å². The fourth-order valence-electron chi connectivity index (χ4n) is 2.08. The van der Waals surface area contributed by atoms with Crippen LogP contribution in [0, 0.1) is 0 Å². The van der Waals surface area contributed by atoms with E-state index in [1.54, 1.807) is 12.5 Å². The van der Waals surface area contributed by atoms with Gasteiger partial charge < -0.3 is 4.98 Å². The van der Waals surface area contributed by atoms with Crippen molar-refractivity contribution in [3.05, 3.63) is 54.1 Å². The molecule has 0 spiro atoms. The normalized spacial score (nSPS) is 11.6. The third-order valence-electron chi connectivity index (χ3n) is 3.25. The van der Waals surface area contributed by atoms with Gasteiger partial charge in [-0.2, -0.15) is 0 Å². The van der Waals surface area contributed by atoms with Crippen LogP contribution in [0.25, 0.3) is 0 Å². The van der Waals surface area contributed by atoms with Crippen LogP contribution in [0.5, 0.6) is 0 Å². The highest BCUT2D eigenvalue weighted by Crippen LogP contribution is 2.06. The quantitative estimate of drug-likeness (QED) is 0.760. The number of hydrogen-bond donors (Lipinski definition) is 1. The van der Waals surface area contributed by atoms with Crippen molar-refractivity contribution in [3.63, 3.8) is 0 Å². The topological polar surface area (TPSA) is 62.8 Å². The first-order valence-corrected chi connectivity index (χ1v) is 8.69. The first kappa shape index (κ1) is 14.8. The van der Waals surface area contributed by atoms with Gasteiger partial charge in [-0.1, -0.05) is 30.3 Å². The number of benzene rings is 1. The SMILES string of the molecule is O=S(=O)(CCCCc1cnc[nH]1)CCc1ccccc1. The molecule has 2 aromatic rings. The lowest BCUT2D eigenvalue weighted by molar-refractivity contribution is 0.590. The van der Waals surface area contributed by atoms with Gasteiger partial charge in [0, 0.05) is 11.9 Å². The minimum absolute atomic E-state index is 0.237. The predicted molar refractivity (Wildman–Crippen MR) is 80.3 cm³/mol. The summed E-state index contributed by atoms with van der Waals surface area (Å²) in [5.74, 6) is 0.509. The highest BCUT2D eigenvalue weighted by atomic mass is 32.2. The second-order valence-corrected chi connectivity index (χ2v) is 7.23. The molecule has 0 aliphatic rings. The number of H-pyrrole nitrogens is 1. The van der Waals surface area contributed by atoms with E-state index in [9.17, 15) is 8.42 Å². The number of imidazole rings is 1. The van der Waals surface area contributed by atoms with E-state index in [0.29, 0.717) is 12.8 Å². The van der Waals surface area contributed by atoms with E-state index >= 15 is 0 Å². The number of sulfone groups is 1. The zero-order valence-electron chi connectivity index (χ0n) is 11.5. The molecule has 4 nitrogen and oxygen atoms in total. The molecule has 1 heterocycles. The van der Waals surface area contributed by atoms with E-state index in [1.807, 2.05) is 30.3 Å². The van der Waals surface area contributed by atoms with Crippen LogP contribution < -0.4 is 0 Å². The Balaban J connectivity index is 1.68. The van der Waals surface area contributed by atoms with Gasteiger partial charge in [-0.15, -0.1) is 0 Å². The number of nitrogens with zero attached hydrogens (tertiary/aromatic N) is 1. The number of aryl methyl sites for hydroxylation is 2. The lowest BCUT2D eigenvalue weighted by Gasteiger charge is -2.04. The van der Waals surface area contributed by atoms with Crippen molar-refractivity contribution in [2.24, 2.45) is 0 Å². The Hall–Kier alpha value is -1.62. The molecule has 0 saturated heterocycles. The molecule has 0 atom stereocenters. The molecule has 0 aliphatic carbocycles. The number of aromatic nitrogens is 2. The predicted octanol–water partition coefficient (Wildman–Crippen LogP) is 2.39. The molecule has 0 unspecified atom stereocenters. The van der Waals surface area contributed by atoms with Gasteiger partial charge in [0.15, 0.2) is 9.84 Å². The second-order valence-electron chi connectivity index (χ2n) is 4.92. The van der Waals surface area contributed by atoms with Crippen molar-refractivity contribution in [1.29, 1.82) is 0 Å². The van der Waals surface area contributed by atoms with E-state index in [-0.39, 0.29) is 11.5 Å². The fourth-order valence-corrected chi connectivity index (χ4v) is 3.47. The Morgan fingerprint density at radius 1 is 1.00 bits per heavy atom. The summed E-state index contributed by atoms with van der Waals surface area (Å²) in [6.45, 7) is 0. The number of nitrogens with one attached hydrogen (secondary N) is 1. The Bertz CT molecular complexity index is 592. The maximum absolute atomic E-state index is 11.9. The Kier molecular flexibility index (Phi) is 5.35. The molecular formula is C15H20N2O2S. The molecule has 2 rings (SSSR count). The molecule has 0 bridgehead atoms. The molecule has 20 heavy (non-hydrogen) atoms. The van der Waals surface area contributed by atoms with Gasteiger partial charge in [0.05, 0.1) is 17.8 Å². The van der Waals surface area contributed by atoms with E-state index in [2.05, 4.69) is 9.97 Å². The highest BCUT2D eigenvalue weighted by Gasteiger charge is 2.10. The molecular weight excluding hydrogens is 272 g/mol. The fraction of sp³-hybridized carbons (Fsp3) is 0.400. The van der Waals surface area contributed by atoms with Gasteiger partial charge in [0.25, 0.3) is 0 Å². The largest absolute Gasteiger partial charge is 0.348 e. The molecule has 0 saturated carbocycles. The van der Waals surface area contributed by atoms with Crippen molar-refractivity contribution in [2.45, 2.75) is 25.7 Å². The van der Waals surface area contributed by atoms with Crippen LogP contribution in [-0.2, 0) is 22.7 Å². The summed E-state index contributed by atoms with van der Waals surface area (Å²) >= 11 is 0. The minimum atomic E-state index is -2.95. The smallest absolute Gasteiger partial charge is 0.150 e. The molecule has 0 aliphatic heterocycles. The van der Waals surface area contributed by atoms with Crippen molar-refractivity contribution < 1.29 is 8.42 Å². The number of hydrogen-bond acceptors (Lipinski definition) is 3. The molecule has 1 N–H and O–H groups in total. The van der Waals surface area contributed by atoms with Gasteiger partial charge in [0.1, 0.15) is 0 Å². The van der Waals surface area contributed by atoms with Gasteiger partial charge in [-0.25, -0.2) is 13.4 Å². The molecule has 5 heteroatoms. The molecule has 0 amide bonds. The first-order valence-electron chi connectivity index (χ1n) is 6.87.